The third kappa shape index (κ3) is 3.05. The van der Waals surface area contributed by atoms with E-state index < -0.39 is 11.9 Å². The third-order valence-corrected chi connectivity index (χ3v) is 2.12. The van der Waals surface area contributed by atoms with Crippen LogP contribution in [0.5, 0.6) is 0 Å². The van der Waals surface area contributed by atoms with Gasteiger partial charge in [0, 0.05) is 0 Å². The summed E-state index contributed by atoms with van der Waals surface area (Å²) in [7, 11) is 2.49. The maximum absolute atomic E-state index is 11.4. The number of rotatable bonds is 3. The second-order valence-electron chi connectivity index (χ2n) is 3.24. The van der Waals surface area contributed by atoms with Crippen LogP contribution in [0, 0.1) is 11.3 Å². The number of carbonyl (C=O) groups excluding carboxylic acids is 2. The third-order valence-electron chi connectivity index (χ3n) is 2.12. The molecular formula is C12H11NO4. The summed E-state index contributed by atoms with van der Waals surface area (Å²) in [4.78, 5) is 22.8. The van der Waals surface area contributed by atoms with Gasteiger partial charge in [0.25, 0.3) is 0 Å². The molecule has 0 bridgehead atoms. The van der Waals surface area contributed by atoms with Crippen LogP contribution in [0.4, 0.5) is 0 Å². The number of carbonyl (C=O) groups is 2. The van der Waals surface area contributed by atoms with Gasteiger partial charge in [0.1, 0.15) is 0 Å². The van der Waals surface area contributed by atoms with Crippen molar-refractivity contribution < 1.29 is 19.1 Å². The fourth-order valence-electron chi connectivity index (χ4n) is 1.36. The molecule has 0 fully saturated rings. The van der Waals surface area contributed by atoms with E-state index in [9.17, 15) is 9.59 Å². The first-order valence-electron chi connectivity index (χ1n) is 4.80. The van der Waals surface area contributed by atoms with Crippen LogP contribution in [0.3, 0.4) is 0 Å². The van der Waals surface area contributed by atoms with Gasteiger partial charge < -0.3 is 9.47 Å². The van der Waals surface area contributed by atoms with Crippen LogP contribution in [-0.2, 0) is 15.9 Å². The van der Waals surface area contributed by atoms with Gasteiger partial charge in [0.2, 0.25) is 0 Å². The van der Waals surface area contributed by atoms with Crippen molar-refractivity contribution in [1.82, 2.24) is 0 Å². The van der Waals surface area contributed by atoms with E-state index in [2.05, 4.69) is 9.47 Å². The van der Waals surface area contributed by atoms with E-state index in [1.54, 1.807) is 0 Å². The zero-order chi connectivity index (χ0) is 12.8. The molecule has 0 amide bonds. The van der Waals surface area contributed by atoms with Gasteiger partial charge in [0.15, 0.2) is 0 Å². The Morgan fingerprint density at radius 3 is 1.94 bits per heavy atom. The standard InChI is InChI=1S/C12H11NO4/c1-16-11(14)9-5-8(3-4-13)6-10(7-9)12(15)17-2/h5-7H,3H2,1-2H3. The van der Waals surface area contributed by atoms with Crippen molar-refractivity contribution in [2.75, 3.05) is 14.2 Å². The molecule has 0 saturated heterocycles. The van der Waals surface area contributed by atoms with Crippen molar-refractivity contribution in [3.05, 3.63) is 34.9 Å². The Hall–Kier alpha value is -2.35. The SMILES string of the molecule is COC(=O)c1cc(CC#N)cc(C(=O)OC)c1. The lowest BCUT2D eigenvalue weighted by Gasteiger charge is -2.05. The van der Waals surface area contributed by atoms with Crippen molar-refractivity contribution in [2.45, 2.75) is 6.42 Å². The van der Waals surface area contributed by atoms with Gasteiger partial charge in [-0.3, -0.25) is 0 Å². The number of benzene rings is 1. The average molecular weight is 233 g/mol. The second-order valence-corrected chi connectivity index (χ2v) is 3.24. The van der Waals surface area contributed by atoms with Gasteiger partial charge in [-0.2, -0.15) is 5.26 Å². The second kappa shape index (κ2) is 5.66. The fourth-order valence-corrected chi connectivity index (χ4v) is 1.36. The van der Waals surface area contributed by atoms with Gasteiger partial charge in [0.05, 0.1) is 37.8 Å². The van der Waals surface area contributed by atoms with Crippen molar-refractivity contribution >= 4 is 11.9 Å². The first-order chi connectivity index (χ1) is 8.12. The molecule has 88 valence electrons. The highest BCUT2D eigenvalue weighted by molar-refractivity contribution is 5.95. The molecule has 0 spiro atoms. The maximum Gasteiger partial charge on any atom is 0.337 e. The monoisotopic (exact) mass is 233 g/mol. The molecule has 0 aliphatic rings. The highest BCUT2D eigenvalue weighted by Crippen LogP contribution is 2.13. The number of nitriles is 1. The number of esters is 2. The Morgan fingerprint density at radius 2 is 1.59 bits per heavy atom. The Balaban J connectivity index is 3.24. The zero-order valence-corrected chi connectivity index (χ0v) is 9.52. The molecule has 0 unspecified atom stereocenters. The number of nitrogens with zero attached hydrogens (tertiary/aromatic N) is 1. The molecule has 0 radical (unpaired) electrons. The quantitative estimate of drug-likeness (QED) is 0.736. The highest BCUT2D eigenvalue weighted by atomic mass is 16.5. The molecule has 5 heteroatoms. The first kappa shape index (κ1) is 12.7. The Labute approximate surface area is 98.6 Å². The molecule has 1 aromatic carbocycles. The van der Waals surface area contributed by atoms with E-state index in [0.29, 0.717) is 5.56 Å². The van der Waals surface area contributed by atoms with Crippen LogP contribution in [0.1, 0.15) is 26.3 Å². The fraction of sp³-hybridized carbons (Fsp3) is 0.250. The van der Waals surface area contributed by atoms with E-state index in [4.69, 9.17) is 5.26 Å². The van der Waals surface area contributed by atoms with Crippen LogP contribution in [0.25, 0.3) is 0 Å². The summed E-state index contributed by atoms with van der Waals surface area (Å²) in [5, 5.41) is 8.61. The molecule has 17 heavy (non-hydrogen) atoms. The number of hydrogen-bond donors (Lipinski definition) is 0. The van der Waals surface area contributed by atoms with E-state index in [0.717, 1.165) is 0 Å². The molecule has 0 aromatic heterocycles. The summed E-state index contributed by atoms with van der Waals surface area (Å²) in [6, 6.07) is 6.35. The van der Waals surface area contributed by atoms with Gasteiger partial charge in [-0.25, -0.2) is 9.59 Å². The number of hydrogen-bond acceptors (Lipinski definition) is 5. The van der Waals surface area contributed by atoms with Gasteiger partial charge >= 0.3 is 11.9 Å². The molecule has 0 N–H and O–H groups in total. The largest absolute Gasteiger partial charge is 0.465 e. The topological polar surface area (TPSA) is 76.4 Å². The molecular weight excluding hydrogens is 222 g/mol. The molecule has 0 saturated carbocycles. The van der Waals surface area contributed by atoms with Crippen LogP contribution in [0.2, 0.25) is 0 Å². The maximum atomic E-state index is 11.4. The van der Waals surface area contributed by atoms with Gasteiger partial charge in [-0.1, -0.05) is 0 Å². The summed E-state index contributed by atoms with van der Waals surface area (Å²) in [5.41, 5.74) is 1.01. The highest BCUT2D eigenvalue weighted by Gasteiger charge is 2.13. The minimum absolute atomic E-state index is 0.106. The Morgan fingerprint density at radius 1 is 1.12 bits per heavy atom. The van der Waals surface area contributed by atoms with Crippen molar-refractivity contribution in [1.29, 1.82) is 5.26 Å². The van der Waals surface area contributed by atoms with Crippen molar-refractivity contribution in [2.24, 2.45) is 0 Å². The molecule has 0 atom stereocenters. The summed E-state index contributed by atoms with van der Waals surface area (Å²) < 4.78 is 9.13. The first-order valence-corrected chi connectivity index (χ1v) is 4.80. The normalized spacial score (nSPS) is 9.24. The minimum atomic E-state index is -0.560. The van der Waals surface area contributed by atoms with Crippen molar-refractivity contribution in [3.8, 4) is 6.07 Å². The molecule has 5 nitrogen and oxygen atoms in total. The molecule has 0 heterocycles. The van der Waals surface area contributed by atoms with Gasteiger partial charge in [-0.05, 0) is 23.8 Å². The van der Waals surface area contributed by atoms with E-state index >= 15 is 0 Å². The Bertz CT molecular complexity index is 454. The lowest BCUT2D eigenvalue weighted by Crippen LogP contribution is -2.07. The molecule has 0 aliphatic carbocycles. The number of methoxy groups -OCH3 is 2. The van der Waals surface area contributed by atoms with E-state index in [1.165, 1.54) is 32.4 Å². The summed E-state index contributed by atoms with van der Waals surface area (Å²) in [6.45, 7) is 0. The summed E-state index contributed by atoms with van der Waals surface area (Å²) in [5.74, 6) is -1.12. The molecule has 1 aromatic rings. The molecule has 1 rings (SSSR count). The summed E-state index contributed by atoms with van der Waals surface area (Å²) in [6.07, 6.45) is 0.106. The predicted molar refractivity (Wildman–Crippen MR) is 58.4 cm³/mol. The van der Waals surface area contributed by atoms with Crippen LogP contribution in [0.15, 0.2) is 18.2 Å². The van der Waals surface area contributed by atoms with Crippen LogP contribution >= 0.6 is 0 Å². The average Bonchev–Trinajstić information content (AvgIpc) is 2.36. The molecule has 0 aliphatic heterocycles. The predicted octanol–water partition coefficient (Wildman–Crippen LogP) is 1.33. The van der Waals surface area contributed by atoms with Gasteiger partial charge in [-0.15, -0.1) is 0 Å². The van der Waals surface area contributed by atoms with E-state index in [1.807, 2.05) is 6.07 Å². The lowest BCUT2D eigenvalue weighted by molar-refractivity contribution is 0.0599. The Kier molecular flexibility index (Phi) is 4.23. The zero-order valence-electron chi connectivity index (χ0n) is 9.52. The minimum Gasteiger partial charge on any atom is -0.465 e. The summed E-state index contributed by atoms with van der Waals surface area (Å²) >= 11 is 0. The lowest BCUT2D eigenvalue weighted by atomic mass is 10.0. The van der Waals surface area contributed by atoms with Crippen LogP contribution < -0.4 is 0 Å². The number of ether oxygens (including phenoxy) is 2. The van der Waals surface area contributed by atoms with E-state index in [-0.39, 0.29) is 17.5 Å². The van der Waals surface area contributed by atoms with Crippen molar-refractivity contribution in [3.63, 3.8) is 0 Å². The smallest absolute Gasteiger partial charge is 0.337 e. The van der Waals surface area contributed by atoms with Crippen LogP contribution in [-0.4, -0.2) is 26.2 Å².